The van der Waals surface area contributed by atoms with Crippen molar-refractivity contribution in [2.24, 2.45) is 5.41 Å². The van der Waals surface area contributed by atoms with Gasteiger partial charge in [-0.3, -0.25) is 14.4 Å². The average Bonchev–Trinajstić information content (AvgIpc) is 3.27. The van der Waals surface area contributed by atoms with Gasteiger partial charge in [-0.05, 0) is 24.3 Å². The highest BCUT2D eigenvalue weighted by atomic mass is 16.5. The summed E-state index contributed by atoms with van der Waals surface area (Å²) < 4.78 is 10.8. The lowest BCUT2D eigenvalue weighted by Gasteiger charge is -2.33. The maximum Gasteiger partial charge on any atom is 0.326 e. The van der Waals surface area contributed by atoms with Crippen molar-refractivity contribution in [1.82, 2.24) is 9.88 Å². The number of ketones is 1. The topological polar surface area (TPSA) is 116 Å². The maximum absolute atomic E-state index is 14.1. The number of allylic oxidation sites excluding steroid dienone is 1. The molecule has 2 aromatic rings. The Bertz CT molecular complexity index is 1190. The van der Waals surface area contributed by atoms with Crippen LogP contribution < -0.4 is 5.73 Å². The van der Waals surface area contributed by atoms with Gasteiger partial charge >= 0.3 is 5.97 Å². The zero-order chi connectivity index (χ0) is 22.1. The number of fused-ring (bicyclic) bond motifs is 6. The first-order chi connectivity index (χ1) is 14.7. The molecule has 2 aliphatic carbocycles. The van der Waals surface area contributed by atoms with Crippen LogP contribution in [-0.4, -0.2) is 40.7 Å². The third-order valence-electron chi connectivity index (χ3n) is 6.29. The molecule has 0 radical (unpaired) electrons. The number of rotatable bonds is 3. The third-order valence-corrected chi connectivity index (χ3v) is 6.29. The molecule has 31 heavy (non-hydrogen) atoms. The summed E-state index contributed by atoms with van der Waals surface area (Å²) in [5.74, 6) is -0.656. The molecule has 160 valence electrons. The van der Waals surface area contributed by atoms with E-state index in [9.17, 15) is 14.4 Å². The minimum Gasteiger partial charge on any atom is -0.465 e. The van der Waals surface area contributed by atoms with E-state index in [1.165, 1.54) is 4.90 Å². The van der Waals surface area contributed by atoms with Crippen LogP contribution in [0.25, 0.3) is 11.3 Å². The number of anilines is 1. The highest BCUT2D eigenvalue weighted by Gasteiger charge is 2.65. The predicted molar refractivity (Wildman–Crippen MR) is 111 cm³/mol. The molecule has 0 saturated carbocycles. The van der Waals surface area contributed by atoms with E-state index in [4.69, 9.17) is 14.9 Å². The van der Waals surface area contributed by atoms with Crippen molar-refractivity contribution in [3.05, 3.63) is 46.8 Å². The Labute approximate surface area is 179 Å². The number of nitrogens with zero attached hydrogens (tertiary/aromatic N) is 2. The van der Waals surface area contributed by atoms with Crippen molar-refractivity contribution in [2.45, 2.75) is 39.0 Å². The second kappa shape index (κ2) is 6.29. The monoisotopic (exact) mass is 421 g/mol. The van der Waals surface area contributed by atoms with E-state index in [-0.39, 0.29) is 30.4 Å². The minimum absolute atomic E-state index is 0.0683. The minimum atomic E-state index is -1.46. The fraction of sp³-hybridized carbons (Fsp3) is 0.391. The predicted octanol–water partition coefficient (Wildman–Crippen LogP) is 2.57. The van der Waals surface area contributed by atoms with Crippen molar-refractivity contribution in [2.75, 3.05) is 18.9 Å². The standard InChI is InChI=1S/C23H23N3O5/c1-4-30-16(28)11-26-14-9-22(2,3)10-15(27)17(14)23(20(26)29)13-8-6-5-7-12(13)18-19(23)25-21(24)31-18/h5-8H,4,9-11H2,1-3H3,(H2,24,25)/t23-/m1/s1. The number of hydrogen-bond donors (Lipinski definition) is 1. The highest BCUT2D eigenvalue weighted by Crippen LogP contribution is 2.60. The van der Waals surface area contributed by atoms with E-state index in [0.29, 0.717) is 46.7 Å². The molecule has 1 spiro atoms. The Morgan fingerprint density at radius 1 is 1.26 bits per heavy atom. The summed E-state index contributed by atoms with van der Waals surface area (Å²) in [7, 11) is 0. The first kappa shape index (κ1) is 19.5. The molecule has 0 saturated heterocycles. The summed E-state index contributed by atoms with van der Waals surface area (Å²) in [6.07, 6.45) is 0.769. The van der Waals surface area contributed by atoms with Crippen LogP contribution in [0.4, 0.5) is 6.01 Å². The van der Waals surface area contributed by atoms with Gasteiger partial charge in [0, 0.05) is 23.3 Å². The Morgan fingerprint density at radius 3 is 2.74 bits per heavy atom. The van der Waals surface area contributed by atoms with E-state index in [1.54, 1.807) is 6.92 Å². The molecule has 8 nitrogen and oxygen atoms in total. The number of nitrogens with two attached hydrogens (primary N) is 1. The number of nitrogen functional groups attached to an aromatic ring is 1. The molecular weight excluding hydrogens is 398 g/mol. The number of ether oxygens (including phenoxy) is 1. The van der Waals surface area contributed by atoms with Gasteiger partial charge < -0.3 is 19.8 Å². The number of amides is 1. The average molecular weight is 421 g/mol. The summed E-state index contributed by atoms with van der Waals surface area (Å²) in [5.41, 5.74) is 6.63. The SMILES string of the molecule is CCOC(=O)CN1C(=O)[C@@]2(C3=C1CC(C)(C)CC3=O)c1ccccc1-c1oc(N)nc12. The molecule has 2 heterocycles. The van der Waals surface area contributed by atoms with Crippen LogP contribution in [-0.2, 0) is 24.5 Å². The normalized spacial score (nSPS) is 23.3. The van der Waals surface area contributed by atoms with Gasteiger partial charge in [0.2, 0.25) is 5.91 Å². The molecular formula is C23H23N3O5. The van der Waals surface area contributed by atoms with Crippen LogP contribution in [0.5, 0.6) is 0 Å². The molecule has 1 aromatic carbocycles. The zero-order valence-electron chi connectivity index (χ0n) is 17.7. The number of benzene rings is 1. The van der Waals surface area contributed by atoms with Gasteiger partial charge in [-0.1, -0.05) is 38.1 Å². The molecule has 2 N–H and O–H groups in total. The third kappa shape index (κ3) is 2.47. The van der Waals surface area contributed by atoms with Gasteiger partial charge in [0.15, 0.2) is 17.0 Å². The first-order valence-corrected chi connectivity index (χ1v) is 10.3. The summed E-state index contributed by atoms with van der Waals surface area (Å²) in [6, 6.07) is 7.21. The smallest absolute Gasteiger partial charge is 0.326 e. The molecule has 3 aliphatic rings. The van der Waals surface area contributed by atoms with Crippen LogP contribution in [0.2, 0.25) is 0 Å². The molecule has 1 atom stereocenters. The van der Waals surface area contributed by atoms with Crippen LogP contribution >= 0.6 is 0 Å². The van der Waals surface area contributed by atoms with E-state index in [2.05, 4.69) is 4.98 Å². The van der Waals surface area contributed by atoms with E-state index >= 15 is 0 Å². The molecule has 1 aliphatic heterocycles. The van der Waals surface area contributed by atoms with Crippen molar-refractivity contribution in [1.29, 1.82) is 0 Å². The van der Waals surface area contributed by atoms with Crippen LogP contribution in [0.15, 0.2) is 40.0 Å². The van der Waals surface area contributed by atoms with Crippen molar-refractivity contribution < 1.29 is 23.5 Å². The van der Waals surface area contributed by atoms with E-state index in [0.717, 1.165) is 0 Å². The van der Waals surface area contributed by atoms with E-state index < -0.39 is 17.3 Å². The summed E-state index contributed by atoms with van der Waals surface area (Å²) in [5, 5.41) is 0. The van der Waals surface area contributed by atoms with Gasteiger partial charge in [-0.25, -0.2) is 0 Å². The Morgan fingerprint density at radius 2 is 2.00 bits per heavy atom. The largest absolute Gasteiger partial charge is 0.465 e. The maximum atomic E-state index is 14.1. The number of Topliss-reactive ketones (excluding diaryl/α,β-unsaturated/α-hetero) is 1. The van der Waals surface area contributed by atoms with Crippen molar-refractivity contribution >= 4 is 23.7 Å². The molecule has 0 bridgehead atoms. The molecule has 5 rings (SSSR count). The summed E-state index contributed by atoms with van der Waals surface area (Å²) in [4.78, 5) is 45.8. The second-order valence-electron chi connectivity index (χ2n) is 8.98. The molecule has 8 heteroatoms. The highest BCUT2D eigenvalue weighted by molar-refractivity contribution is 6.17. The fourth-order valence-electron chi connectivity index (χ4n) is 5.26. The Balaban J connectivity index is 1.80. The van der Waals surface area contributed by atoms with Crippen LogP contribution in [0.1, 0.15) is 44.9 Å². The molecule has 1 amide bonds. The lowest BCUT2D eigenvalue weighted by molar-refractivity contribution is -0.148. The van der Waals surface area contributed by atoms with Gasteiger partial charge in [-0.2, -0.15) is 4.98 Å². The van der Waals surface area contributed by atoms with Crippen LogP contribution in [0, 0.1) is 5.41 Å². The zero-order valence-corrected chi connectivity index (χ0v) is 17.7. The Kier molecular flexibility index (Phi) is 3.96. The van der Waals surface area contributed by atoms with Gasteiger partial charge in [-0.15, -0.1) is 0 Å². The van der Waals surface area contributed by atoms with Crippen molar-refractivity contribution in [3.63, 3.8) is 0 Å². The van der Waals surface area contributed by atoms with Gasteiger partial charge in [0.05, 0.1) is 6.61 Å². The molecule has 0 fully saturated rings. The number of aromatic nitrogens is 1. The second-order valence-corrected chi connectivity index (χ2v) is 8.98. The number of esters is 1. The number of carbonyl (C=O) groups is 3. The molecule has 0 unspecified atom stereocenters. The number of oxazole rings is 1. The van der Waals surface area contributed by atoms with E-state index in [1.807, 2.05) is 38.1 Å². The van der Waals surface area contributed by atoms with Gasteiger partial charge in [0.25, 0.3) is 6.01 Å². The summed E-state index contributed by atoms with van der Waals surface area (Å²) in [6.45, 7) is 5.61. The van der Waals surface area contributed by atoms with Crippen LogP contribution in [0.3, 0.4) is 0 Å². The Hall–Kier alpha value is -3.42. The first-order valence-electron chi connectivity index (χ1n) is 10.3. The number of hydrogen-bond acceptors (Lipinski definition) is 7. The lowest BCUT2D eigenvalue weighted by atomic mass is 9.67. The number of carbonyl (C=O) groups excluding carboxylic acids is 3. The quantitative estimate of drug-likeness (QED) is 0.757. The summed E-state index contributed by atoms with van der Waals surface area (Å²) >= 11 is 0. The van der Waals surface area contributed by atoms with Crippen molar-refractivity contribution in [3.8, 4) is 11.3 Å². The van der Waals surface area contributed by atoms with Gasteiger partial charge in [0.1, 0.15) is 12.2 Å². The molecule has 1 aromatic heterocycles. The fourth-order valence-corrected chi connectivity index (χ4v) is 5.26. The lowest BCUT2D eigenvalue weighted by Crippen LogP contribution is -2.43.